The number of amides is 2. The lowest BCUT2D eigenvalue weighted by atomic mass is 10.3. The molecule has 2 N–H and O–H groups in total. The summed E-state index contributed by atoms with van der Waals surface area (Å²) in [5, 5.41) is 6.34. The van der Waals surface area contributed by atoms with Crippen molar-refractivity contribution in [3.05, 3.63) is 24.3 Å². The van der Waals surface area contributed by atoms with Crippen molar-refractivity contribution in [3.63, 3.8) is 0 Å². The zero-order valence-corrected chi connectivity index (χ0v) is 13.5. The summed E-state index contributed by atoms with van der Waals surface area (Å²) in [6, 6.07) is 7.63. The van der Waals surface area contributed by atoms with Crippen molar-refractivity contribution in [1.82, 2.24) is 10.2 Å². The van der Waals surface area contributed by atoms with E-state index < -0.39 is 0 Å². The lowest BCUT2D eigenvalue weighted by Gasteiger charge is -2.11. The van der Waals surface area contributed by atoms with Crippen LogP contribution < -0.4 is 10.6 Å². The number of nitrogens with zero attached hydrogens (tertiary/aromatic N) is 1. The Bertz CT molecular complexity index is 560. The minimum absolute atomic E-state index is 0.119. The number of rotatable bonds is 4. The Morgan fingerprint density at radius 3 is 2.57 bits per heavy atom. The number of carbonyl (C=O) groups is 2. The van der Waals surface area contributed by atoms with Gasteiger partial charge in [-0.2, -0.15) is 0 Å². The maximum absolute atomic E-state index is 11.9. The third-order valence-electron chi connectivity index (χ3n) is 3.07. The SMILES string of the molecule is CCNC(=S)Nc1ccc(SC2CC(=O)N(C)C2=O)cc1. The minimum Gasteiger partial charge on any atom is -0.363 e. The highest BCUT2D eigenvalue weighted by Gasteiger charge is 2.36. The van der Waals surface area contributed by atoms with Gasteiger partial charge in [0, 0.05) is 30.6 Å². The molecule has 1 fully saturated rings. The van der Waals surface area contributed by atoms with Crippen molar-refractivity contribution in [2.75, 3.05) is 18.9 Å². The molecule has 2 rings (SSSR count). The van der Waals surface area contributed by atoms with Crippen molar-refractivity contribution < 1.29 is 9.59 Å². The summed E-state index contributed by atoms with van der Waals surface area (Å²) in [5.41, 5.74) is 0.885. The monoisotopic (exact) mass is 323 g/mol. The summed E-state index contributed by atoms with van der Waals surface area (Å²) in [5.74, 6) is -0.243. The lowest BCUT2D eigenvalue weighted by molar-refractivity contribution is -0.136. The van der Waals surface area contributed by atoms with Crippen molar-refractivity contribution in [1.29, 1.82) is 0 Å². The predicted molar refractivity (Wildman–Crippen MR) is 88.4 cm³/mol. The maximum Gasteiger partial charge on any atom is 0.242 e. The fourth-order valence-corrected chi connectivity index (χ4v) is 3.30. The fraction of sp³-hybridized carbons (Fsp3) is 0.357. The Labute approximate surface area is 133 Å². The zero-order valence-electron chi connectivity index (χ0n) is 11.9. The Balaban J connectivity index is 1.95. The number of thiocarbonyl (C=S) groups is 1. The van der Waals surface area contributed by atoms with Crippen LogP contribution in [0.4, 0.5) is 5.69 Å². The van der Waals surface area contributed by atoms with Gasteiger partial charge in [0.25, 0.3) is 0 Å². The van der Waals surface area contributed by atoms with Gasteiger partial charge in [0.05, 0.1) is 5.25 Å². The molecule has 1 aliphatic heterocycles. The largest absolute Gasteiger partial charge is 0.363 e. The zero-order chi connectivity index (χ0) is 15.4. The van der Waals surface area contributed by atoms with Crippen LogP contribution >= 0.6 is 24.0 Å². The van der Waals surface area contributed by atoms with Crippen LogP contribution in [0, 0.1) is 0 Å². The van der Waals surface area contributed by atoms with E-state index in [0.29, 0.717) is 5.11 Å². The van der Waals surface area contributed by atoms with Gasteiger partial charge in [-0.15, -0.1) is 11.8 Å². The molecule has 0 aromatic heterocycles. The molecule has 0 spiro atoms. The molecular formula is C14H17N3O2S2. The highest BCUT2D eigenvalue weighted by Crippen LogP contribution is 2.31. The summed E-state index contributed by atoms with van der Waals surface area (Å²) in [6.45, 7) is 2.75. The molecule has 112 valence electrons. The summed E-state index contributed by atoms with van der Waals surface area (Å²) < 4.78 is 0. The average Bonchev–Trinajstić information content (AvgIpc) is 2.69. The molecule has 0 radical (unpaired) electrons. The highest BCUT2D eigenvalue weighted by molar-refractivity contribution is 8.00. The second-order valence-electron chi connectivity index (χ2n) is 4.61. The van der Waals surface area contributed by atoms with Gasteiger partial charge in [-0.25, -0.2) is 0 Å². The lowest BCUT2D eigenvalue weighted by Crippen LogP contribution is -2.27. The van der Waals surface area contributed by atoms with Crippen molar-refractivity contribution in [3.8, 4) is 0 Å². The normalized spacial score (nSPS) is 18.0. The van der Waals surface area contributed by atoms with E-state index >= 15 is 0 Å². The van der Waals surface area contributed by atoms with E-state index in [1.54, 1.807) is 0 Å². The molecule has 0 saturated carbocycles. The fourth-order valence-electron chi connectivity index (χ4n) is 1.93. The second-order valence-corrected chi connectivity index (χ2v) is 6.29. The number of likely N-dealkylation sites (tertiary alicyclic amines) is 1. The van der Waals surface area contributed by atoms with Gasteiger partial charge in [0.2, 0.25) is 11.8 Å². The molecule has 1 aliphatic rings. The van der Waals surface area contributed by atoms with Crippen molar-refractivity contribution in [2.24, 2.45) is 0 Å². The Morgan fingerprint density at radius 2 is 2.05 bits per heavy atom. The Morgan fingerprint density at radius 1 is 1.38 bits per heavy atom. The van der Waals surface area contributed by atoms with Gasteiger partial charge in [-0.1, -0.05) is 0 Å². The molecule has 1 saturated heterocycles. The minimum atomic E-state index is -0.316. The molecule has 1 atom stereocenters. The van der Waals surface area contributed by atoms with E-state index in [1.165, 1.54) is 23.7 Å². The van der Waals surface area contributed by atoms with E-state index in [-0.39, 0.29) is 23.5 Å². The second kappa shape index (κ2) is 6.91. The summed E-state index contributed by atoms with van der Waals surface area (Å²) in [6.07, 6.45) is 0.268. The number of hydrogen-bond donors (Lipinski definition) is 2. The first-order chi connectivity index (χ1) is 10.0. The molecule has 0 aliphatic carbocycles. The molecule has 0 bridgehead atoms. The first-order valence-corrected chi connectivity index (χ1v) is 7.92. The average molecular weight is 323 g/mol. The molecule has 7 heteroatoms. The first-order valence-electron chi connectivity index (χ1n) is 6.63. The molecule has 21 heavy (non-hydrogen) atoms. The summed E-state index contributed by atoms with van der Waals surface area (Å²) in [7, 11) is 1.53. The topological polar surface area (TPSA) is 61.4 Å². The standard InChI is InChI=1S/C14H17N3O2S2/c1-3-15-14(20)16-9-4-6-10(7-5-9)21-11-8-12(18)17(2)13(11)19/h4-7,11H,3,8H2,1-2H3,(H2,15,16,20). The van der Waals surface area contributed by atoms with E-state index in [4.69, 9.17) is 12.2 Å². The van der Waals surface area contributed by atoms with Crippen LogP contribution in [0.5, 0.6) is 0 Å². The van der Waals surface area contributed by atoms with E-state index in [2.05, 4.69) is 10.6 Å². The number of benzene rings is 1. The smallest absolute Gasteiger partial charge is 0.242 e. The Hall–Kier alpha value is -1.60. The molecule has 1 aromatic carbocycles. The van der Waals surface area contributed by atoms with Crippen LogP contribution in [-0.2, 0) is 9.59 Å². The van der Waals surface area contributed by atoms with Crippen LogP contribution in [-0.4, -0.2) is 40.7 Å². The van der Waals surface area contributed by atoms with Gasteiger partial charge in [0.1, 0.15) is 0 Å². The summed E-state index contributed by atoms with van der Waals surface area (Å²) in [4.78, 5) is 25.5. The highest BCUT2D eigenvalue weighted by atomic mass is 32.2. The van der Waals surface area contributed by atoms with Gasteiger partial charge < -0.3 is 10.6 Å². The molecule has 5 nitrogen and oxygen atoms in total. The van der Waals surface area contributed by atoms with E-state index in [1.807, 2.05) is 31.2 Å². The van der Waals surface area contributed by atoms with Gasteiger partial charge in [0.15, 0.2) is 5.11 Å². The summed E-state index contributed by atoms with van der Waals surface area (Å²) >= 11 is 6.53. The molecule has 2 amide bonds. The van der Waals surface area contributed by atoms with Crippen LogP contribution in [0.1, 0.15) is 13.3 Å². The number of nitrogens with one attached hydrogen (secondary N) is 2. The molecular weight excluding hydrogens is 306 g/mol. The van der Waals surface area contributed by atoms with Crippen LogP contribution in [0.2, 0.25) is 0 Å². The van der Waals surface area contributed by atoms with Crippen molar-refractivity contribution >= 4 is 46.6 Å². The van der Waals surface area contributed by atoms with Gasteiger partial charge in [-0.3, -0.25) is 14.5 Å². The first kappa shape index (κ1) is 15.8. The number of thioether (sulfide) groups is 1. The van der Waals surface area contributed by atoms with E-state index in [0.717, 1.165) is 17.1 Å². The third-order valence-corrected chi connectivity index (χ3v) is 4.51. The number of carbonyl (C=O) groups excluding carboxylic acids is 2. The molecule has 1 heterocycles. The van der Waals surface area contributed by atoms with Crippen molar-refractivity contribution in [2.45, 2.75) is 23.5 Å². The number of hydrogen-bond acceptors (Lipinski definition) is 4. The predicted octanol–water partition coefficient (Wildman–Crippen LogP) is 1.84. The van der Waals surface area contributed by atoms with Crippen LogP contribution in [0.25, 0.3) is 0 Å². The quantitative estimate of drug-likeness (QED) is 0.651. The number of anilines is 1. The van der Waals surface area contributed by atoms with Gasteiger partial charge in [-0.05, 0) is 43.4 Å². The maximum atomic E-state index is 11.9. The van der Waals surface area contributed by atoms with E-state index in [9.17, 15) is 9.59 Å². The third kappa shape index (κ3) is 3.95. The molecule has 1 aromatic rings. The number of imide groups is 1. The Kier molecular flexibility index (Phi) is 5.19. The molecule has 1 unspecified atom stereocenters. The van der Waals surface area contributed by atoms with Crippen LogP contribution in [0.15, 0.2) is 29.2 Å². The van der Waals surface area contributed by atoms with Crippen LogP contribution in [0.3, 0.4) is 0 Å². The van der Waals surface area contributed by atoms with Gasteiger partial charge >= 0.3 is 0 Å².